The summed E-state index contributed by atoms with van der Waals surface area (Å²) in [5, 5.41) is 3.89. The van der Waals surface area contributed by atoms with Crippen molar-refractivity contribution < 1.29 is 23.8 Å². The fraction of sp³-hybridized carbons (Fsp3) is 0.238. The Morgan fingerprint density at radius 2 is 1.81 bits per heavy atom. The van der Waals surface area contributed by atoms with Crippen molar-refractivity contribution in [1.29, 1.82) is 0 Å². The van der Waals surface area contributed by atoms with Crippen molar-refractivity contribution in [2.75, 3.05) is 20.8 Å². The lowest BCUT2D eigenvalue weighted by molar-refractivity contribution is -0.133. The summed E-state index contributed by atoms with van der Waals surface area (Å²) in [5.41, 5.74) is 2.63. The number of benzene rings is 2. The van der Waals surface area contributed by atoms with E-state index in [2.05, 4.69) is 5.16 Å². The fourth-order valence-electron chi connectivity index (χ4n) is 2.40. The number of rotatable bonds is 9. The van der Waals surface area contributed by atoms with E-state index in [4.69, 9.17) is 19.0 Å². The highest BCUT2D eigenvalue weighted by atomic mass is 16.6. The number of para-hydroxylation sites is 1. The zero-order valence-corrected chi connectivity index (χ0v) is 15.7. The van der Waals surface area contributed by atoms with Crippen molar-refractivity contribution >= 4 is 17.8 Å². The Kier molecular flexibility index (Phi) is 7.91. The van der Waals surface area contributed by atoms with Crippen LogP contribution in [0.5, 0.6) is 5.75 Å². The summed E-state index contributed by atoms with van der Waals surface area (Å²) in [6.07, 6.45) is 2.97. The number of carbonyl (C=O) groups is 1. The number of nitrogens with zero attached hydrogens (tertiary/aromatic N) is 1. The molecule has 2 aromatic rings. The molecule has 0 N–H and O–H groups in total. The number of hydrogen-bond donors (Lipinski definition) is 0. The second-order valence-electron chi connectivity index (χ2n) is 5.39. The van der Waals surface area contributed by atoms with Crippen LogP contribution in [-0.2, 0) is 25.7 Å². The summed E-state index contributed by atoms with van der Waals surface area (Å²) in [5.74, 6) is 0.180. The minimum Gasteiger partial charge on any atom is -0.503 e. The smallest absolute Gasteiger partial charge is 0.341 e. The van der Waals surface area contributed by atoms with E-state index in [1.165, 1.54) is 20.5 Å². The lowest BCUT2D eigenvalue weighted by Gasteiger charge is -2.13. The van der Waals surface area contributed by atoms with E-state index < -0.39 is 5.97 Å². The minimum atomic E-state index is -0.478. The molecule has 0 fully saturated rings. The molecule has 0 saturated heterocycles. The zero-order chi connectivity index (χ0) is 19.5. The molecule has 0 bridgehead atoms. The van der Waals surface area contributed by atoms with Crippen LogP contribution in [0.1, 0.15) is 23.6 Å². The van der Waals surface area contributed by atoms with Crippen LogP contribution in [0.2, 0.25) is 0 Å². The van der Waals surface area contributed by atoms with Gasteiger partial charge in [0, 0.05) is 5.56 Å². The summed E-state index contributed by atoms with van der Waals surface area (Å²) in [4.78, 5) is 17.1. The molecule has 142 valence electrons. The minimum absolute atomic E-state index is 0.258. The molecule has 0 atom stereocenters. The van der Waals surface area contributed by atoms with Crippen molar-refractivity contribution in [3.63, 3.8) is 0 Å². The van der Waals surface area contributed by atoms with Crippen LogP contribution >= 0.6 is 0 Å². The van der Waals surface area contributed by atoms with E-state index in [1.807, 2.05) is 55.5 Å². The van der Waals surface area contributed by atoms with Crippen molar-refractivity contribution in [1.82, 2.24) is 0 Å². The molecule has 0 heterocycles. The van der Waals surface area contributed by atoms with E-state index >= 15 is 0 Å². The maximum atomic E-state index is 12.1. The molecule has 0 aliphatic heterocycles. The highest BCUT2D eigenvalue weighted by Gasteiger charge is 2.17. The van der Waals surface area contributed by atoms with Gasteiger partial charge in [0.2, 0.25) is 0 Å². The predicted molar refractivity (Wildman–Crippen MR) is 103 cm³/mol. The van der Waals surface area contributed by atoms with Gasteiger partial charge in [-0.25, -0.2) is 4.79 Å². The monoisotopic (exact) mass is 369 g/mol. The molecule has 0 saturated carbocycles. The first kappa shape index (κ1) is 20.0. The molecular weight excluding hydrogens is 346 g/mol. The Labute approximate surface area is 159 Å². The lowest BCUT2D eigenvalue weighted by Crippen LogP contribution is -2.08. The van der Waals surface area contributed by atoms with Gasteiger partial charge in [0.25, 0.3) is 0 Å². The Hall–Kier alpha value is -3.28. The van der Waals surface area contributed by atoms with Gasteiger partial charge in [0.05, 0.1) is 26.7 Å². The topological polar surface area (TPSA) is 66.3 Å². The number of ether oxygens (including phenoxy) is 3. The Morgan fingerprint density at radius 1 is 1.07 bits per heavy atom. The van der Waals surface area contributed by atoms with Gasteiger partial charge in [0.15, 0.2) is 0 Å². The maximum absolute atomic E-state index is 12.1. The van der Waals surface area contributed by atoms with Gasteiger partial charge >= 0.3 is 5.97 Å². The van der Waals surface area contributed by atoms with E-state index in [1.54, 1.807) is 6.21 Å². The third-order valence-corrected chi connectivity index (χ3v) is 3.65. The maximum Gasteiger partial charge on any atom is 0.341 e. The Morgan fingerprint density at radius 3 is 2.56 bits per heavy atom. The largest absolute Gasteiger partial charge is 0.503 e. The van der Waals surface area contributed by atoms with E-state index in [-0.39, 0.29) is 6.61 Å². The molecule has 0 radical (unpaired) electrons. The van der Waals surface area contributed by atoms with Crippen molar-refractivity contribution in [2.24, 2.45) is 5.16 Å². The summed E-state index contributed by atoms with van der Waals surface area (Å²) in [6, 6.07) is 14.9. The molecular formula is C21H23NO5. The van der Waals surface area contributed by atoms with Gasteiger partial charge in [-0.05, 0) is 30.2 Å². The molecule has 0 amide bonds. The van der Waals surface area contributed by atoms with Crippen molar-refractivity contribution in [3.8, 4) is 5.75 Å². The Balaban J connectivity index is 2.25. The molecule has 0 aliphatic rings. The predicted octanol–water partition coefficient (Wildman–Crippen LogP) is 3.80. The molecule has 6 heteroatoms. The summed E-state index contributed by atoms with van der Waals surface area (Å²) in [7, 11) is 2.81. The molecule has 0 aromatic heterocycles. The van der Waals surface area contributed by atoms with E-state index in [0.717, 1.165) is 11.1 Å². The van der Waals surface area contributed by atoms with Crippen LogP contribution in [0, 0.1) is 0 Å². The quantitative estimate of drug-likeness (QED) is 0.221. The first-order chi connectivity index (χ1) is 13.2. The van der Waals surface area contributed by atoms with Crippen molar-refractivity contribution in [2.45, 2.75) is 13.5 Å². The van der Waals surface area contributed by atoms with Gasteiger partial charge in [-0.3, -0.25) is 0 Å². The number of carbonyl (C=O) groups excluding carboxylic acids is 1. The number of esters is 1. The first-order valence-electron chi connectivity index (χ1n) is 8.48. The van der Waals surface area contributed by atoms with Crippen LogP contribution < -0.4 is 4.74 Å². The molecule has 0 aliphatic carbocycles. The molecule has 2 aromatic carbocycles. The Bertz CT molecular complexity index is 814. The summed E-state index contributed by atoms with van der Waals surface area (Å²) >= 11 is 0. The third-order valence-electron chi connectivity index (χ3n) is 3.65. The fourth-order valence-corrected chi connectivity index (χ4v) is 2.40. The SMILES string of the molecule is CCON=Cc1ccccc1OCc1ccccc1C(=COC)C(=O)OC. The van der Waals surface area contributed by atoms with Crippen LogP contribution in [0.15, 0.2) is 59.9 Å². The molecule has 0 spiro atoms. The van der Waals surface area contributed by atoms with Gasteiger partial charge < -0.3 is 19.0 Å². The summed E-state index contributed by atoms with van der Waals surface area (Å²) < 4.78 is 15.9. The second-order valence-corrected chi connectivity index (χ2v) is 5.39. The number of hydrogen-bond acceptors (Lipinski definition) is 6. The molecule has 27 heavy (non-hydrogen) atoms. The van der Waals surface area contributed by atoms with E-state index in [9.17, 15) is 4.79 Å². The molecule has 2 rings (SSSR count). The van der Waals surface area contributed by atoms with Crippen LogP contribution in [0.4, 0.5) is 0 Å². The third kappa shape index (κ3) is 5.60. The van der Waals surface area contributed by atoms with Gasteiger partial charge in [-0.1, -0.05) is 41.6 Å². The highest BCUT2D eigenvalue weighted by Crippen LogP contribution is 2.24. The molecule has 6 nitrogen and oxygen atoms in total. The van der Waals surface area contributed by atoms with Gasteiger partial charge in [-0.15, -0.1) is 0 Å². The summed E-state index contributed by atoms with van der Waals surface area (Å²) in [6.45, 7) is 2.62. The zero-order valence-electron chi connectivity index (χ0n) is 15.7. The highest BCUT2D eigenvalue weighted by molar-refractivity contribution is 6.16. The average Bonchev–Trinajstić information content (AvgIpc) is 2.71. The first-order valence-corrected chi connectivity index (χ1v) is 8.48. The number of oxime groups is 1. The van der Waals surface area contributed by atoms with Crippen LogP contribution in [0.3, 0.4) is 0 Å². The normalized spacial score (nSPS) is 11.3. The van der Waals surface area contributed by atoms with E-state index in [0.29, 0.717) is 23.5 Å². The standard InChI is InChI=1S/C21H23NO5/c1-4-27-22-13-16-9-6-8-12-20(16)26-14-17-10-5-7-11-18(17)19(15-24-2)21(23)25-3/h5-13,15H,4,14H2,1-3H3. The lowest BCUT2D eigenvalue weighted by atomic mass is 10.0. The van der Waals surface area contributed by atoms with Gasteiger partial charge in [-0.2, -0.15) is 0 Å². The second kappa shape index (κ2) is 10.7. The number of methoxy groups -OCH3 is 2. The molecule has 0 unspecified atom stereocenters. The van der Waals surface area contributed by atoms with Gasteiger partial charge in [0.1, 0.15) is 24.5 Å². The van der Waals surface area contributed by atoms with Crippen LogP contribution in [0.25, 0.3) is 5.57 Å². The van der Waals surface area contributed by atoms with Crippen LogP contribution in [-0.4, -0.2) is 33.0 Å². The van der Waals surface area contributed by atoms with Crippen molar-refractivity contribution in [3.05, 3.63) is 71.5 Å². The average molecular weight is 369 g/mol.